The number of nitrogens with two attached hydrogens (primary N) is 1. The molecule has 0 bridgehead atoms. The van der Waals surface area contributed by atoms with Crippen LogP contribution in [0.3, 0.4) is 0 Å². The predicted molar refractivity (Wildman–Crippen MR) is 68.5 cm³/mol. The fraction of sp³-hybridized carbons (Fsp3) is 0.333. The Morgan fingerprint density at radius 2 is 1.89 bits per heavy atom. The minimum absolute atomic E-state index is 0.173. The third-order valence-electron chi connectivity index (χ3n) is 2.52. The SMILES string of the molecule is CCC(C(N)=O)S(=O)Cc1ccc(C(=O)O)cc1. The van der Waals surface area contributed by atoms with Crippen LogP contribution in [-0.2, 0) is 21.3 Å². The van der Waals surface area contributed by atoms with Gasteiger partial charge in [0.1, 0.15) is 5.25 Å². The van der Waals surface area contributed by atoms with Crippen molar-refractivity contribution in [2.45, 2.75) is 24.3 Å². The van der Waals surface area contributed by atoms with Crippen molar-refractivity contribution in [3.8, 4) is 0 Å². The van der Waals surface area contributed by atoms with E-state index >= 15 is 0 Å². The third-order valence-corrected chi connectivity index (χ3v) is 4.33. The molecule has 5 nitrogen and oxygen atoms in total. The summed E-state index contributed by atoms with van der Waals surface area (Å²) in [5.74, 6) is -1.38. The van der Waals surface area contributed by atoms with Crippen LogP contribution in [0.2, 0.25) is 0 Å². The van der Waals surface area contributed by atoms with E-state index in [-0.39, 0.29) is 11.3 Å². The lowest BCUT2D eigenvalue weighted by molar-refractivity contribution is -0.117. The van der Waals surface area contributed by atoms with Gasteiger partial charge in [0.25, 0.3) is 0 Å². The van der Waals surface area contributed by atoms with E-state index in [4.69, 9.17) is 10.8 Å². The van der Waals surface area contributed by atoms with E-state index in [2.05, 4.69) is 0 Å². The van der Waals surface area contributed by atoms with Crippen LogP contribution >= 0.6 is 0 Å². The van der Waals surface area contributed by atoms with E-state index in [1.807, 2.05) is 0 Å². The summed E-state index contributed by atoms with van der Waals surface area (Å²) in [6.07, 6.45) is 0.426. The van der Waals surface area contributed by atoms with Crippen molar-refractivity contribution in [1.82, 2.24) is 0 Å². The van der Waals surface area contributed by atoms with E-state index in [0.717, 1.165) is 5.56 Å². The molecule has 2 atom stereocenters. The second kappa shape index (κ2) is 6.30. The van der Waals surface area contributed by atoms with Crippen LogP contribution in [0.4, 0.5) is 0 Å². The van der Waals surface area contributed by atoms with Gasteiger partial charge in [0.05, 0.1) is 5.56 Å². The molecule has 0 saturated heterocycles. The highest BCUT2D eigenvalue weighted by Crippen LogP contribution is 2.11. The lowest BCUT2D eigenvalue weighted by Gasteiger charge is -2.10. The van der Waals surface area contributed by atoms with Crippen LogP contribution in [0.25, 0.3) is 0 Å². The number of benzene rings is 1. The standard InChI is InChI=1S/C12H15NO4S/c1-2-10(11(13)14)18(17)7-8-3-5-9(6-4-8)12(15)16/h3-6,10H,2,7H2,1H3,(H2,13,14)(H,15,16). The van der Waals surface area contributed by atoms with Gasteiger partial charge in [-0.2, -0.15) is 0 Å². The van der Waals surface area contributed by atoms with Crippen molar-refractivity contribution < 1.29 is 18.9 Å². The monoisotopic (exact) mass is 269 g/mol. The predicted octanol–water partition coefficient (Wildman–Crippen LogP) is 0.897. The first kappa shape index (κ1) is 14.4. The molecule has 98 valence electrons. The Labute approximate surface area is 107 Å². The smallest absolute Gasteiger partial charge is 0.335 e. The number of hydrogen-bond donors (Lipinski definition) is 2. The summed E-state index contributed by atoms with van der Waals surface area (Å²) in [5.41, 5.74) is 6.05. The van der Waals surface area contributed by atoms with Gasteiger partial charge in [-0.25, -0.2) is 4.79 Å². The van der Waals surface area contributed by atoms with Crippen LogP contribution in [0.1, 0.15) is 29.3 Å². The van der Waals surface area contributed by atoms with Crippen molar-refractivity contribution >= 4 is 22.7 Å². The van der Waals surface area contributed by atoms with Gasteiger partial charge in [0, 0.05) is 16.6 Å². The van der Waals surface area contributed by atoms with Gasteiger partial charge in [-0.15, -0.1) is 0 Å². The van der Waals surface area contributed by atoms with Crippen molar-refractivity contribution in [3.05, 3.63) is 35.4 Å². The maximum absolute atomic E-state index is 11.9. The molecule has 0 aliphatic heterocycles. The number of amides is 1. The zero-order chi connectivity index (χ0) is 13.7. The second-order valence-corrected chi connectivity index (χ2v) is 5.45. The summed E-state index contributed by atoms with van der Waals surface area (Å²) in [4.78, 5) is 21.7. The largest absolute Gasteiger partial charge is 0.478 e. The van der Waals surface area contributed by atoms with Crippen LogP contribution in [0, 0.1) is 0 Å². The molecule has 0 aliphatic carbocycles. The van der Waals surface area contributed by atoms with Gasteiger partial charge < -0.3 is 10.8 Å². The maximum atomic E-state index is 11.9. The van der Waals surface area contributed by atoms with E-state index in [1.54, 1.807) is 19.1 Å². The summed E-state index contributed by atoms with van der Waals surface area (Å²) in [6.45, 7) is 1.75. The lowest BCUT2D eigenvalue weighted by atomic mass is 10.1. The van der Waals surface area contributed by atoms with Crippen LogP contribution < -0.4 is 5.73 Å². The highest BCUT2D eigenvalue weighted by molar-refractivity contribution is 7.85. The number of carbonyl (C=O) groups excluding carboxylic acids is 1. The van der Waals surface area contributed by atoms with Gasteiger partial charge in [0.15, 0.2) is 0 Å². The van der Waals surface area contributed by atoms with Gasteiger partial charge in [0.2, 0.25) is 5.91 Å². The molecule has 1 amide bonds. The van der Waals surface area contributed by atoms with Crippen molar-refractivity contribution in [2.75, 3.05) is 0 Å². The molecule has 0 saturated carbocycles. The molecule has 0 spiro atoms. The summed E-state index contributed by atoms with van der Waals surface area (Å²) < 4.78 is 11.9. The molecular formula is C12H15NO4S. The first-order valence-electron chi connectivity index (χ1n) is 5.44. The Hall–Kier alpha value is -1.69. The quantitative estimate of drug-likeness (QED) is 0.801. The first-order chi connectivity index (χ1) is 8.45. The van der Waals surface area contributed by atoms with Gasteiger partial charge in [-0.05, 0) is 24.1 Å². The number of carboxylic acids is 1. The molecule has 18 heavy (non-hydrogen) atoms. The Bertz CT molecular complexity index is 469. The van der Waals surface area contributed by atoms with Crippen LogP contribution in [-0.4, -0.2) is 26.4 Å². The van der Waals surface area contributed by atoms with Crippen molar-refractivity contribution in [1.29, 1.82) is 0 Å². The molecule has 0 fully saturated rings. The van der Waals surface area contributed by atoms with Gasteiger partial charge >= 0.3 is 5.97 Å². The van der Waals surface area contributed by atoms with E-state index < -0.39 is 27.9 Å². The first-order valence-corrected chi connectivity index (χ1v) is 6.82. The highest BCUT2D eigenvalue weighted by Gasteiger charge is 2.20. The summed E-state index contributed by atoms with van der Waals surface area (Å²) in [6, 6.07) is 6.07. The number of carbonyl (C=O) groups is 2. The normalized spacial score (nSPS) is 13.8. The Kier molecular flexibility index (Phi) is 5.03. The van der Waals surface area contributed by atoms with E-state index in [9.17, 15) is 13.8 Å². The van der Waals surface area contributed by atoms with Gasteiger partial charge in [-0.3, -0.25) is 9.00 Å². The number of carboxylic acid groups (broad SMARTS) is 1. The minimum atomic E-state index is -1.38. The zero-order valence-corrected chi connectivity index (χ0v) is 10.8. The molecule has 1 rings (SSSR count). The molecule has 0 aromatic heterocycles. The Morgan fingerprint density at radius 3 is 2.28 bits per heavy atom. The molecule has 0 radical (unpaired) electrons. The third kappa shape index (κ3) is 3.66. The van der Waals surface area contributed by atoms with Crippen LogP contribution in [0.15, 0.2) is 24.3 Å². The Balaban J connectivity index is 2.76. The fourth-order valence-corrected chi connectivity index (χ4v) is 2.88. The molecule has 3 N–H and O–H groups in total. The summed E-state index contributed by atoms with van der Waals surface area (Å²) >= 11 is 0. The second-order valence-electron chi connectivity index (χ2n) is 3.83. The Morgan fingerprint density at radius 1 is 1.33 bits per heavy atom. The molecule has 1 aromatic carbocycles. The average Bonchev–Trinajstić information content (AvgIpc) is 2.29. The van der Waals surface area contributed by atoms with Crippen molar-refractivity contribution in [2.24, 2.45) is 5.73 Å². The molecular weight excluding hydrogens is 254 g/mol. The average molecular weight is 269 g/mol. The van der Waals surface area contributed by atoms with Gasteiger partial charge in [-0.1, -0.05) is 19.1 Å². The summed E-state index contributed by atoms with van der Waals surface area (Å²) in [7, 11) is -1.38. The summed E-state index contributed by atoms with van der Waals surface area (Å²) in [5, 5.41) is 8.07. The minimum Gasteiger partial charge on any atom is -0.478 e. The molecule has 0 aliphatic rings. The fourth-order valence-electron chi connectivity index (χ4n) is 1.53. The highest BCUT2D eigenvalue weighted by atomic mass is 32.2. The van der Waals surface area contributed by atoms with E-state index in [1.165, 1.54) is 12.1 Å². The van der Waals surface area contributed by atoms with Crippen molar-refractivity contribution in [3.63, 3.8) is 0 Å². The number of hydrogen-bond acceptors (Lipinski definition) is 3. The molecule has 0 heterocycles. The molecule has 2 unspecified atom stereocenters. The van der Waals surface area contributed by atoms with Crippen LogP contribution in [0.5, 0.6) is 0 Å². The topological polar surface area (TPSA) is 97.5 Å². The number of aromatic carboxylic acids is 1. The molecule has 6 heteroatoms. The molecule has 1 aromatic rings. The number of rotatable bonds is 6. The lowest BCUT2D eigenvalue weighted by Crippen LogP contribution is -2.32. The zero-order valence-electron chi connectivity index (χ0n) is 9.96. The van der Waals surface area contributed by atoms with E-state index in [0.29, 0.717) is 6.42 Å². The maximum Gasteiger partial charge on any atom is 0.335 e. The number of primary amides is 1.